The van der Waals surface area contributed by atoms with E-state index in [0.29, 0.717) is 13.0 Å². The van der Waals surface area contributed by atoms with Crippen molar-refractivity contribution < 1.29 is 13.9 Å². The Morgan fingerprint density at radius 3 is 2.75 bits per heavy atom. The van der Waals surface area contributed by atoms with E-state index in [1.807, 2.05) is 49.4 Å². The normalized spacial score (nSPS) is 15.2. The van der Waals surface area contributed by atoms with E-state index in [2.05, 4.69) is 25.0 Å². The highest BCUT2D eigenvalue weighted by Crippen LogP contribution is 2.18. The average Bonchev–Trinajstić information content (AvgIpc) is 3.36. The number of methoxy groups -OCH3 is 1. The van der Waals surface area contributed by atoms with Crippen LogP contribution in [0.4, 0.5) is 0 Å². The van der Waals surface area contributed by atoms with E-state index < -0.39 is 0 Å². The zero-order chi connectivity index (χ0) is 22.3. The van der Waals surface area contributed by atoms with Crippen molar-refractivity contribution in [3.8, 4) is 0 Å². The van der Waals surface area contributed by atoms with Crippen molar-refractivity contribution >= 4 is 5.91 Å². The van der Waals surface area contributed by atoms with E-state index in [0.717, 1.165) is 67.8 Å². The van der Waals surface area contributed by atoms with Crippen LogP contribution >= 0.6 is 0 Å². The molecule has 2 aromatic heterocycles. The van der Waals surface area contributed by atoms with Crippen LogP contribution in [0.3, 0.4) is 0 Å². The molecule has 0 bridgehead atoms. The number of carbonyl (C=O) groups excluding carboxylic acids is 1. The first-order valence-corrected chi connectivity index (χ1v) is 11.2. The highest BCUT2D eigenvalue weighted by Gasteiger charge is 2.23. The van der Waals surface area contributed by atoms with Crippen LogP contribution in [0.15, 0.2) is 46.9 Å². The summed E-state index contributed by atoms with van der Waals surface area (Å²) in [5.74, 6) is 3.59. The van der Waals surface area contributed by atoms with Crippen LogP contribution in [0.2, 0.25) is 0 Å². The molecule has 0 spiro atoms. The Hall–Kier alpha value is -2.97. The second-order valence-corrected chi connectivity index (χ2v) is 8.23. The minimum Gasteiger partial charge on any atom is -0.462 e. The van der Waals surface area contributed by atoms with Crippen LogP contribution < -0.4 is 5.32 Å². The van der Waals surface area contributed by atoms with Gasteiger partial charge in [0, 0.05) is 39.6 Å². The summed E-state index contributed by atoms with van der Waals surface area (Å²) in [5.41, 5.74) is 1.16. The van der Waals surface area contributed by atoms with Crippen LogP contribution in [-0.2, 0) is 42.1 Å². The molecule has 32 heavy (non-hydrogen) atoms. The third kappa shape index (κ3) is 5.63. The highest BCUT2D eigenvalue weighted by atomic mass is 16.5. The summed E-state index contributed by atoms with van der Waals surface area (Å²) >= 11 is 0. The van der Waals surface area contributed by atoms with Gasteiger partial charge in [-0.1, -0.05) is 30.3 Å². The first-order chi connectivity index (χ1) is 15.6. The molecule has 0 fully saturated rings. The quantitative estimate of drug-likeness (QED) is 0.554. The molecule has 0 saturated carbocycles. The Morgan fingerprint density at radius 2 is 1.94 bits per heavy atom. The topological polar surface area (TPSA) is 85.4 Å². The van der Waals surface area contributed by atoms with Gasteiger partial charge in [-0.25, -0.2) is 0 Å². The van der Waals surface area contributed by atoms with Crippen molar-refractivity contribution in [1.29, 1.82) is 0 Å². The van der Waals surface area contributed by atoms with Gasteiger partial charge in [-0.3, -0.25) is 9.69 Å². The number of fused-ring (bicyclic) bond motifs is 1. The predicted molar refractivity (Wildman–Crippen MR) is 120 cm³/mol. The number of nitrogens with zero attached hydrogens (tertiary/aromatic N) is 4. The summed E-state index contributed by atoms with van der Waals surface area (Å²) in [6.45, 7) is 5.75. The predicted octanol–water partition coefficient (Wildman–Crippen LogP) is 2.89. The molecule has 8 nitrogen and oxygen atoms in total. The Kier molecular flexibility index (Phi) is 7.34. The number of ether oxygens (including phenoxy) is 1. The molecule has 170 valence electrons. The Bertz CT molecular complexity index is 1010. The van der Waals surface area contributed by atoms with Gasteiger partial charge in [-0.2, -0.15) is 0 Å². The second kappa shape index (κ2) is 10.6. The van der Waals surface area contributed by atoms with Gasteiger partial charge in [-0.15, -0.1) is 10.2 Å². The van der Waals surface area contributed by atoms with Crippen molar-refractivity contribution in [3.05, 3.63) is 71.2 Å². The number of rotatable bonds is 9. The lowest BCUT2D eigenvalue weighted by atomic mass is 10.1. The van der Waals surface area contributed by atoms with E-state index in [1.165, 1.54) is 0 Å². The van der Waals surface area contributed by atoms with E-state index in [9.17, 15) is 4.79 Å². The second-order valence-electron chi connectivity index (χ2n) is 8.23. The van der Waals surface area contributed by atoms with Crippen LogP contribution in [-0.4, -0.2) is 45.8 Å². The molecule has 0 unspecified atom stereocenters. The van der Waals surface area contributed by atoms with Crippen molar-refractivity contribution in [2.75, 3.05) is 20.2 Å². The number of hydrogen-bond acceptors (Lipinski definition) is 6. The summed E-state index contributed by atoms with van der Waals surface area (Å²) in [6, 6.07) is 13.8. The molecular weight excluding hydrogens is 406 g/mol. The Morgan fingerprint density at radius 1 is 1.12 bits per heavy atom. The molecule has 1 aliphatic heterocycles. The molecule has 1 atom stereocenters. The third-order valence-electron chi connectivity index (χ3n) is 5.78. The Labute approximate surface area is 188 Å². The molecule has 4 rings (SSSR count). The molecule has 0 saturated heterocycles. The fraction of sp³-hybridized carbons (Fsp3) is 0.458. The van der Waals surface area contributed by atoms with Crippen LogP contribution in [0.25, 0.3) is 0 Å². The van der Waals surface area contributed by atoms with E-state index in [-0.39, 0.29) is 11.9 Å². The summed E-state index contributed by atoms with van der Waals surface area (Å²) in [6.07, 6.45) is 2.00. The maximum Gasteiger partial charge on any atom is 0.220 e. The first kappa shape index (κ1) is 22.2. The molecule has 0 aliphatic carbocycles. The minimum absolute atomic E-state index is 0.0265. The number of nitrogens with one attached hydrogen (secondary N) is 1. The molecule has 0 radical (unpaired) electrons. The van der Waals surface area contributed by atoms with Crippen molar-refractivity contribution in [2.24, 2.45) is 0 Å². The van der Waals surface area contributed by atoms with Crippen molar-refractivity contribution in [3.63, 3.8) is 0 Å². The number of furan rings is 1. The molecule has 3 aromatic rings. The summed E-state index contributed by atoms with van der Waals surface area (Å²) in [7, 11) is 1.66. The fourth-order valence-electron chi connectivity index (χ4n) is 4.10. The van der Waals surface area contributed by atoms with Gasteiger partial charge in [0.05, 0.1) is 12.6 Å². The van der Waals surface area contributed by atoms with Crippen molar-refractivity contribution in [1.82, 2.24) is 25.0 Å². The number of aromatic nitrogens is 3. The maximum absolute atomic E-state index is 12.5. The standard InChI is InChI=1S/C24H31N5O3/c1-18(25-23(30)11-8-19-6-4-3-5-7-19)24-27-26-22-12-13-28(14-15-29(22)24)16-20-9-10-21(32-20)17-31-2/h3-7,9-10,18H,8,11-17H2,1-2H3,(H,25,30)/t18-/m0/s1. The molecular formula is C24H31N5O3. The number of aryl methyl sites for hydroxylation is 1. The fourth-order valence-corrected chi connectivity index (χ4v) is 4.10. The number of amides is 1. The maximum atomic E-state index is 12.5. The first-order valence-electron chi connectivity index (χ1n) is 11.2. The summed E-state index contributed by atoms with van der Waals surface area (Å²) < 4.78 is 13.1. The average molecular weight is 438 g/mol. The molecule has 1 aliphatic rings. The monoisotopic (exact) mass is 437 g/mol. The zero-order valence-electron chi connectivity index (χ0n) is 18.8. The summed E-state index contributed by atoms with van der Waals surface area (Å²) in [5, 5.41) is 11.9. The van der Waals surface area contributed by atoms with E-state index in [4.69, 9.17) is 9.15 Å². The minimum atomic E-state index is -0.187. The van der Waals surface area contributed by atoms with Gasteiger partial charge in [0.15, 0.2) is 5.82 Å². The van der Waals surface area contributed by atoms with E-state index in [1.54, 1.807) is 7.11 Å². The lowest BCUT2D eigenvalue weighted by Gasteiger charge is -2.19. The van der Waals surface area contributed by atoms with Crippen molar-refractivity contribution in [2.45, 2.75) is 51.9 Å². The van der Waals surface area contributed by atoms with Gasteiger partial charge in [0.25, 0.3) is 0 Å². The largest absolute Gasteiger partial charge is 0.462 e. The number of hydrogen-bond donors (Lipinski definition) is 1. The third-order valence-corrected chi connectivity index (χ3v) is 5.78. The zero-order valence-corrected chi connectivity index (χ0v) is 18.8. The molecule has 1 aromatic carbocycles. The smallest absolute Gasteiger partial charge is 0.220 e. The SMILES string of the molecule is COCc1ccc(CN2CCc3nnc([C@H](C)NC(=O)CCc4ccccc4)n3CC2)o1. The summed E-state index contributed by atoms with van der Waals surface area (Å²) in [4.78, 5) is 14.8. The molecule has 8 heteroatoms. The highest BCUT2D eigenvalue weighted by molar-refractivity contribution is 5.76. The number of carbonyl (C=O) groups is 1. The molecule has 3 heterocycles. The molecule has 1 amide bonds. The lowest BCUT2D eigenvalue weighted by molar-refractivity contribution is -0.121. The van der Waals surface area contributed by atoms with Gasteiger partial charge >= 0.3 is 0 Å². The van der Waals surface area contributed by atoms with Gasteiger partial charge in [0.2, 0.25) is 5.91 Å². The number of benzene rings is 1. The van der Waals surface area contributed by atoms with Crippen LogP contribution in [0, 0.1) is 0 Å². The Balaban J connectivity index is 1.31. The van der Waals surface area contributed by atoms with E-state index >= 15 is 0 Å². The van der Waals surface area contributed by atoms with Gasteiger partial charge in [0.1, 0.15) is 24.0 Å². The van der Waals surface area contributed by atoms with Gasteiger partial charge in [-0.05, 0) is 31.0 Å². The van der Waals surface area contributed by atoms with Crippen LogP contribution in [0.1, 0.15) is 48.1 Å². The van der Waals surface area contributed by atoms with Gasteiger partial charge < -0.3 is 19.0 Å². The molecule has 1 N–H and O–H groups in total. The van der Waals surface area contributed by atoms with Crippen LogP contribution in [0.5, 0.6) is 0 Å². The lowest BCUT2D eigenvalue weighted by Crippen LogP contribution is -2.30.